The van der Waals surface area contributed by atoms with Crippen molar-refractivity contribution in [3.8, 4) is 0 Å². The minimum absolute atomic E-state index is 0.146. The fourth-order valence-corrected chi connectivity index (χ4v) is 3.58. The minimum atomic E-state index is -0.382. The number of urea groups is 1. The minimum Gasteiger partial charge on any atom is -0.454 e. The van der Waals surface area contributed by atoms with Gasteiger partial charge in [-0.05, 0) is 60.0 Å². The lowest BCUT2D eigenvalue weighted by atomic mass is 10.1. The first-order valence-corrected chi connectivity index (χ1v) is 11.2. The molecule has 0 aliphatic heterocycles. The van der Waals surface area contributed by atoms with Crippen LogP contribution < -0.4 is 10.6 Å². The fraction of sp³-hybridized carbons (Fsp3) is 0.143. The van der Waals surface area contributed by atoms with Crippen LogP contribution in [-0.4, -0.2) is 16.8 Å². The van der Waals surface area contributed by atoms with E-state index in [4.69, 9.17) is 4.42 Å². The maximum Gasteiger partial charge on any atom is 0.322 e. The summed E-state index contributed by atoms with van der Waals surface area (Å²) < 4.78 is 19.0. The van der Waals surface area contributed by atoms with Crippen molar-refractivity contribution in [3.05, 3.63) is 125 Å². The molecule has 0 aliphatic carbocycles. The molecule has 0 spiro atoms. The number of carbonyl (C=O) groups excluding carboxylic acids is 2. The number of aryl methyl sites for hydroxylation is 1. The first-order valence-electron chi connectivity index (χ1n) is 11.2. The van der Waals surface area contributed by atoms with E-state index in [9.17, 15) is 14.0 Å². The summed E-state index contributed by atoms with van der Waals surface area (Å²) in [5.41, 5.74) is 3.53. The van der Waals surface area contributed by atoms with Gasteiger partial charge in [-0.2, -0.15) is 0 Å². The Bertz CT molecular complexity index is 1290. The molecule has 6 nitrogen and oxygen atoms in total. The summed E-state index contributed by atoms with van der Waals surface area (Å²) in [6.45, 7) is 2.85. The molecule has 3 aromatic carbocycles. The molecule has 0 bridgehead atoms. The number of amides is 3. The maximum absolute atomic E-state index is 13.2. The van der Waals surface area contributed by atoms with Crippen molar-refractivity contribution in [1.29, 1.82) is 0 Å². The zero-order valence-electron chi connectivity index (χ0n) is 19.3. The lowest BCUT2D eigenvalue weighted by molar-refractivity contribution is 0.0920. The average Bonchev–Trinajstić information content (AvgIpc) is 3.34. The van der Waals surface area contributed by atoms with Gasteiger partial charge in [0.2, 0.25) is 0 Å². The standard InChI is InChI=1S/C28H26FN3O3/c1-20-7-5-6-10-22(20)17-30-27(33)26-16-15-25(35-26)19-32(18-21-8-3-2-4-9-21)28(34)31-24-13-11-23(29)12-14-24/h2-16H,17-19H2,1H3,(H,30,33)(H,31,34). The summed E-state index contributed by atoms with van der Waals surface area (Å²) in [6, 6.07) is 25.8. The molecule has 3 amide bonds. The quantitative estimate of drug-likeness (QED) is 0.336. The topological polar surface area (TPSA) is 74.6 Å². The van der Waals surface area contributed by atoms with Crippen LogP contribution >= 0.6 is 0 Å². The van der Waals surface area contributed by atoms with Gasteiger partial charge in [-0.3, -0.25) is 4.79 Å². The smallest absolute Gasteiger partial charge is 0.322 e. The second-order valence-electron chi connectivity index (χ2n) is 8.15. The first kappa shape index (κ1) is 23.8. The number of hydrogen-bond donors (Lipinski definition) is 2. The highest BCUT2D eigenvalue weighted by molar-refractivity contribution is 5.91. The van der Waals surface area contributed by atoms with Crippen LogP contribution in [0.25, 0.3) is 0 Å². The van der Waals surface area contributed by atoms with Gasteiger partial charge in [0.05, 0.1) is 6.54 Å². The Balaban J connectivity index is 1.44. The zero-order valence-corrected chi connectivity index (χ0v) is 19.3. The molecule has 0 atom stereocenters. The first-order chi connectivity index (χ1) is 17.0. The van der Waals surface area contributed by atoms with Crippen LogP contribution in [0.2, 0.25) is 0 Å². The van der Waals surface area contributed by atoms with Crippen LogP contribution in [0.5, 0.6) is 0 Å². The number of halogens is 1. The summed E-state index contributed by atoms with van der Waals surface area (Å²) in [6.07, 6.45) is 0. The molecular formula is C28H26FN3O3. The molecule has 1 aromatic heterocycles. The highest BCUT2D eigenvalue weighted by Crippen LogP contribution is 2.17. The van der Waals surface area contributed by atoms with Crippen LogP contribution in [0.3, 0.4) is 0 Å². The highest BCUT2D eigenvalue weighted by Gasteiger charge is 2.18. The van der Waals surface area contributed by atoms with E-state index in [1.807, 2.05) is 61.5 Å². The molecule has 0 unspecified atom stereocenters. The third-order valence-electron chi connectivity index (χ3n) is 5.53. The average molecular weight is 472 g/mol. The van der Waals surface area contributed by atoms with E-state index in [0.29, 0.717) is 24.5 Å². The van der Waals surface area contributed by atoms with Crippen molar-refractivity contribution in [2.45, 2.75) is 26.6 Å². The van der Waals surface area contributed by atoms with E-state index in [2.05, 4.69) is 10.6 Å². The van der Waals surface area contributed by atoms with Gasteiger partial charge in [0.25, 0.3) is 5.91 Å². The molecule has 0 saturated heterocycles. The van der Waals surface area contributed by atoms with Crippen LogP contribution in [0, 0.1) is 12.7 Å². The van der Waals surface area contributed by atoms with Gasteiger partial charge >= 0.3 is 6.03 Å². The van der Waals surface area contributed by atoms with Crippen molar-refractivity contribution in [2.75, 3.05) is 5.32 Å². The van der Waals surface area contributed by atoms with E-state index in [1.165, 1.54) is 24.3 Å². The van der Waals surface area contributed by atoms with Gasteiger partial charge in [-0.25, -0.2) is 9.18 Å². The second kappa shape index (κ2) is 11.2. The van der Waals surface area contributed by atoms with E-state index in [0.717, 1.165) is 16.7 Å². The van der Waals surface area contributed by atoms with Crippen molar-refractivity contribution in [3.63, 3.8) is 0 Å². The molecule has 0 radical (unpaired) electrons. The molecule has 2 N–H and O–H groups in total. The Morgan fingerprint density at radius 1 is 0.857 bits per heavy atom. The maximum atomic E-state index is 13.2. The van der Waals surface area contributed by atoms with Gasteiger partial charge in [0.1, 0.15) is 11.6 Å². The Kier molecular flexibility index (Phi) is 7.57. The van der Waals surface area contributed by atoms with E-state index >= 15 is 0 Å². The van der Waals surface area contributed by atoms with Gasteiger partial charge in [-0.15, -0.1) is 0 Å². The molecule has 0 aliphatic rings. The lowest BCUT2D eigenvalue weighted by Gasteiger charge is -2.22. The van der Waals surface area contributed by atoms with Crippen molar-refractivity contribution < 1.29 is 18.4 Å². The number of rotatable bonds is 8. The number of furan rings is 1. The van der Waals surface area contributed by atoms with Gasteiger partial charge < -0.3 is 20.0 Å². The number of benzene rings is 3. The SMILES string of the molecule is Cc1ccccc1CNC(=O)c1ccc(CN(Cc2ccccc2)C(=O)Nc2ccc(F)cc2)o1. The third kappa shape index (κ3) is 6.57. The van der Waals surface area contributed by atoms with Crippen molar-refractivity contribution in [2.24, 2.45) is 0 Å². The van der Waals surface area contributed by atoms with Gasteiger partial charge in [0, 0.05) is 18.8 Å². The summed E-state index contributed by atoms with van der Waals surface area (Å²) in [5.74, 6) is -0.0683. The lowest BCUT2D eigenvalue weighted by Crippen LogP contribution is -2.34. The summed E-state index contributed by atoms with van der Waals surface area (Å²) in [5, 5.41) is 5.65. The monoisotopic (exact) mass is 471 g/mol. The Labute approximate surface area is 203 Å². The molecule has 35 heavy (non-hydrogen) atoms. The number of nitrogens with one attached hydrogen (secondary N) is 2. The summed E-state index contributed by atoms with van der Waals surface area (Å²) >= 11 is 0. The third-order valence-corrected chi connectivity index (χ3v) is 5.53. The number of carbonyl (C=O) groups is 2. The van der Waals surface area contributed by atoms with Gasteiger partial charge in [-0.1, -0.05) is 54.6 Å². The fourth-order valence-electron chi connectivity index (χ4n) is 3.58. The van der Waals surface area contributed by atoms with E-state index < -0.39 is 0 Å². The van der Waals surface area contributed by atoms with E-state index in [-0.39, 0.29) is 30.1 Å². The van der Waals surface area contributed by atoms with Crippen LogP contribution in [0.1, 0.15) is 33.0 Å². The normalized spacial score (nSPS) is 10.6. The van der Waals surface area contributed by atoms with Gasteiger partial charge in [0.15, 0.2) is 5.76 Å². The zero-order chi connectivity index (χ0) is 24.6. The van der Waals surface area contributed by atoms with Crippen LogP contribution in [-0.2, 0) is 19.6 Å². The molecule has 4 rings (SSSR count). The highest BCUT2D eigenvalue weighted by atomic mass is 19.1. The molecule has 178 valence electrons. The number of hydrogen-bond acceptors (Lipinski definition) is 3. The molecule has 1 heterocycles. The van der Waals surface area contributed by atoms with Crippen LogP contribution in [0.15, 0.2) is 95.4 Å². The second-order valence-corrected chi connectivity index (χ2v) is 8.15. The number of nitrogens with zero attached hydrogens (tertiary/aromatic N) is 1. The summed E-state index contributed by atoms with van der Waals surface area (Å²) in [7, 11) is 0. The Morgan fingerprint density at radius 3 is 2.31 bits per heavy atom. The molecule has 0 fully saturated rings. The van der Waals surface area contributed by atoms with Crippen molar-refractivity contribution >= 4 is 17.6 Å². The molecular weight excluding hydrogens is 445 g/mol. The van der Waals surface area contributed by atoms with Crippen molar-refractivity contribution in [1.82, 2.24) is 10.2 Å². The predicted molar refractivity (Wildman–Crippen MR) is 132 cm³/mol. The largest absolute Gasteiger partial charge is 0.454 e. The Hall–Kier alpha value is -4.39. The van der Waals surface area contributed by atoms with E-state index in [1.54, 1.807) is 17.0 Å². The number of anilines is 1. The molecule has 7 heteroatoms. The molecule has 0 saturated carbocycles. The molecule has 4 aromatic rings. The Morgan fingerprint density at radius 2 is 1.57 bits per heavy atom. The summed E-state index contributed by atoms with van der Waals surface area (Å²) in [4.78, 5) is 27.2. The predicted octanol–water partition coefficient (Wildman–Crippen LogP) is 5.89. The van der Waals surface area contributed by atoms with Crippen LogP contribution in [0.4, 0.5) is 14.9 Å².